The van der Waals surface area contributed by atoms with E-state index in [0.717, 1.165) is 24.2 Å². The highest BCUT2D eigenvalue weighted by Crippen LogP contribution is 2.22. The van der Waals surface area contributed by atoms with Gasteiger partial charge in [0.2, 0.25) is 10.0 Å². The van der Waals surface area contributed by atoms with Crippen molar-refractivity contribution >= 4 is 15.9 Å². The van der Waals surface area contributed by atoms with Crippen LogP contribution in [-0.4, -0.2) is 33.5 Å². The maximum Gasteiger partial charge on any atom is 0.251 e. The van der Waals surface area contributed by atoms with Crippen molar-refractivity contribution in [1.29, 1.82) is 0 Å². The minimum absolute atomic E-state index is 0.0244. The minimum Gasteiger partial charge on any atom is -0.492 e. The van der Waals surface area contributed by atoms with Gasteiger partial charge in [-0.3, -0.25) is 4.79 Å². The first kappa shape index (κ1) is 18.4. The number of sulfonamides is 1. The third kappa shape index (κ3) is 5.06. The molecule has 0 spiro atoms. The Morgan fingerprint density at radius 2 is 1.88 bits per heavy atom. The van der Waals surface area contributed by atoms with Crippen LogP contribution in [0, 0.1) is 6.92 Å². The predicted molar refractivity (Wildman–Crippen MR) is 98.8 cm³/mol. The third-order valence-electron chi connectivity index (χ3n) is 3.98. The summed E-state index contributed by atoms with van der Waals surface area (Å²) in [6.07, 6.45) is 1.72. The summed E-state index contributed by atoms with van der Waals surface area (Å²) >= 11 is 0. The van der Waals surface area contributed by atoms with Gasteiger partial charge in [-0.15, -0.1) is 0 Å². The molecule has 1 saturated carbocycles. The zero-order valence-corrected chi connectivity index (χ0v) is 15.4. The molecular weight excluding hydrogens is 352 g/mol. The molecule has 6 nitrogen and oxygen atoms in total. The molecule has 1 amide bonds. The van der Waals surface area contributed by atoms with Crippen LogP contribution < -0.4 is 14.8 Å². The van der Waals surface area contributed by atoms with Crippen molar-refractivity contribution in [2.45, 2.75) is 30.7 Å². The van der Waals surface area contributed by atoms with Crippen LogP contribution in [0.25, 0.3) is 0 Å². The second kappa shape index (κ2) is 7.88. The number of carbonyl (C=O) groups excluding carboxylic acids is 1. The number of amides is 1. The summed E-state index contributed by atoms with van der Waals surface area (Å²) in [5.74, 6) is 0.407. The van der Waals surface area contributed by atoms with Crippen LogP contribution >= 0.6 is 0 Å². The fourth-order valence-corrected chi connectivity index (χ4v) is 3.71. The topological polar surface area (TPSA) is 84.5 Å². The van der Waals surface area contributed by atoms with E-state index in [1.807, 2.05) is 31.2 Å². The second-order valence-corrected chi connectivity index (χ2v) is 8.05. The number of hydrogen-bond donors (Lipinski definition) is 2. The number of hydrogen-bond acceptors (Lipinski definition) is 4. The molecule has 26 heavy (non-hydrogen) atoms. The van der Waals surface area contributed by atoms with Crippen molar-refractivity contribution in [3.63, 3.8) is 0 Å². The molecule has 1 aliphatic rings. The van der Waals surface area contributed by atoms with Crippen LogP contribution in [-0.2, 0) is 10.0 Å². The lowest BCUT2D eigenvalue weighted by Crippen LogP contribution is -2.29. The number of ether oxygens (including phenoxy) is 1. The summed E-state index contributed by atoms with van der Waals surface area (Å²) in [5.41, 5.74) is 1.45. The van der Waals surface area contributed by atoms with Crippen molar-refractivity contribution < 1.29 is 17.9 Å². The van der Waals surface area contributed by atoms with Crippen molar-refractivity contribution in [3.8, 4) is 5.75 Å². The molecule has 0 radical (unpaired) electrons. The average Bonchev–Trinajstić information content (AvgIpc) is 3.43. The van der Waals surface area contributed by atoms with E-state index >= 15 is 0 Å². The van der Waals surface area contributed by atoms with Gasteiger partial charge in [0.15, 0.2) is 0 Å². The zero-order chi connectivity index (χ0) is 18.6. The molecule has 2 aromatic rings. The van der Waals surface area contributed by atoms with Gasteiger partial charge in [-0.1, -0.05) is 23.8 Å². The van der Waals surface area contributed by atoms with E-state index in [2.05, 4.69) is 10.0 Å². The number of rotatable bonds is 8. The molecule has 138 valence electrons. The van der Waals surface area contributed by atoms with Crippen LogP contribution in [0.15, 0.2) is 53.4 Å². The fourth-order valence-electron chi connectivity index (χ4n) is 2.36. The Morgan fingerprint density at radius 1 is 1.15 bits per heavy atom. The summed E-state index contributed by atoms with van der Waals surface area (Å²) in [6.45, 7) is 2.65. The third-order valence-corrected chi connectivity index (χ3v) is 5.50. The smallest absolute Gasteiger partial charge is 0.251 e. The Bertz CT molecular complexity index is 875. The van der Waals surface area contributed by atoms with Gasteiger partial charge < -0.3 is 10.1 Å². The van der Waals surface area contributed by atoms with Gasteiger partial charge in [0.05, 0.1) is 11.4 Å². The molecule has 0 saturated heterocycles. The first-order valence-corrected chi connectivity index (χ1v) is 10.0. The molecule has 0 aliphatic heterocycles. The Kier molecular flexibility index (Phi) is 5.58. The van der Waals surface area contributed by atoms with E-state index in [-0.39, 0.29) is 16.8 Å². The maximum absolute atomic E-state index is 12.2. The fraction of sp³-hybridized carbons (Fsp3) is 0.316. The zero-order valence-electron chi connectivity index (χ0n) is 14.6. The normalized spacial score (nSPS) is 14.0. The van der Waals surface area contributed by atoms with Gasteiger partial charge in [-0.2, -0.15) is 0 Å². The molecule has 2 N–H and O–H groups in total. The monoisotopic (exact) mass is 374 g/mol. The van der Waals surface area contributed by atoms with Crippen LogP contribution in [0.5, 0.6) is 5.75 Å². The largest absolute Gasteiger partial charge is 0.492 e. The SMILES string of the molecule is Cc1ccc(OCCNC(=O)c2cccc(S(=O)(=O)NC3CC3)c2)cc1. The first-order chi connectivity index (χ1) is 12.4. The van der Waals surface area contributed by atoms with Crippen molar-refractivity contribution in [2.24, 2.45) is 0 Å². The molecular formula is C19H22N2O4S. The Morgan fingerprint density at radius 3 is 2.58 bits per heavy atom. The highest BCUT2D eigenvalue weighted by atomic mass is 32.2. The number of carbonyl (C=O) groups is 1. The van der Waals surface area contributed by atoms with Gasteiger partial charge in [0, 0.05) is 11.6 Å². The summed E-state index contributed by atoms with van der Waals surface area (Å²) < 4.78 is 32.6. The van der Waals surface area contributed by atoms with Crippen molar-refractivity contribution in [1.82, 2.24) is 10.0 Å². The molecule has 1 fully saturated rings. The highest BCUT2D eigenvalue weighted by Gasteiger charge is 2.28. The molecule has 0 heterocycles. The molecule has 7 heteroatoms. The molecule has 0 aromatic heterocycles. The first-order valence-electron chi connectivity index (χ1n) is 8.54. The number of benzene rings is 2. The average molecular weight is 374 g/mol. The van der Waals surface area contributed by atoms with E-state index in [4.69, 9.17) is 4.74 Å². The Labute approximate surface area is 153 Å². The summed E-state index contributed by atoms with van der Waals surface area (Å²) in [5, 5.41) is 2.73. The van der Waals surface area contributed by atoms with Gasteiger partial charge in [0.1, 0.15) is 12.4 Å². The summed E-state index contributed by atoms with van der Waals surface area (Å²) in [6, 6.07) is 13.7. The lowest BCUT2D eigenvalue weighted by Gasteiger charge is -2.09. The maximum atomic E-state index is 12.2. The Balaban J connectivity index is 1.52. The van der Waals surface area contributed by atoms with E-state index < -0.39 is 10.0 Å². The molecule has 0 unspecified atom stereocenters. The van der Waals surface area contributed by atoms with Gasteiger partial charge >= 0.3 is 0 Å². The summed E-state index contributed by atoms with van der Waals surface area (Å²) in [4.78, 5) is 12.3. The Hall–Kier alpha value is -2.38. The number of aryl methyl sites for hydroxylation is 1. The molecule has 0 atom stereocenters. The molecule has 3 rings (SSSR count). The van der Waals surface area contributed by atoms with Crippen molar-refractivity contribution in [2.75, 3.05) is 13.2 Å². The van der Waals surface area contributed by atoms with Gasteiger partial charge in [0.25, 0.3) is 5.91 Å². The van der Waals surface area contributed by atoms with E-state index in [1.165, 1.54) is 12.1 Å². The van der Waals surface area contributed by atoms with E-state index in [0.29, 0.717) is 18.7 Å². The van der Waals surface area contributed by atoms with Crippen molar-refractivity contribution in [3.05, 3.63) is 59.7 Å². The lowest BCUT2D eigenvalue weighted by molar-refractivity contribution is 0.0947. The van der Waals surface area contributed by atoms with Crippen LogP contribution in [0.1, 0.15) is 28.8 Å². The lowest BCUT2D eigenvalue weighted by atomic mass is 10.2. The molecule has 2 aromatic carbocycles. The molecule has 0 bridgehead atoms. The number of nitrogens with one attached hydrogen (secondary N) is 2. The van der Waals surface area contributed by atoms with Gasteiger partial charge in [-0.05, 0) is 50.1 Å². The van der Waals surface area contributed by atoms with E-state index in [9.17, 15) is 13.2 Å². The standard InChI is InChI=1S/C19H22N2O4S/c1-14-5-9-17(10-6-14)25-12-11-20-19(22)15-3-2-4-18(13-15)26(23,24)21-16-7-8-16/h2-6,9-10,13,16,21H,7-8,11-12H2,1H3,(H,20,22). The van der Waals surface area contributed by atoms with Gasteiger partial charge in [-0.25, -0.2) is 13.1 Å². The predicted octanol–water partition coefficient (Wildman–Crippen LogP) is 2.24. The molecule has 1 aliphatic carbocycles. The van der Waals surface area contributed by atoms with Crippen LogP contribution in [0.3, 0.4) is 0 Å². The minimum atomic E-state index is -3.57. The van der Waals surface area contributed by atoms with Crippen LogP contribution in [0.2, 0.25) is 0 Å². The second-order valence-electron chi connectivity index (χ2n) is 6.34. The quantitative estimate of drug-likeness (QED) is 0.694. The van der Waals surface area contributed by atoms with E-state index in [1.54, 1.807) is 12.1 Å². The highest BCUT2D eigenvalue weighted by molar-refractivity contribution is 7.89. The summed E-state index contributed by atoms with van der Waals surface area (Å²) in [7, 11) is -3.57. The van der Waals surface area contributed by atoms with Crippen LogP contribution in [0.4, 0.5) is 0 Å².